The second kappa shape index (κ2) is 7.88. The van der Waals surface area contributed by atoms with Gasteiger partial charge in [-0.1, -0.05) is 37.7 Å². The molecule has 130 valence electrons. The predicted octanol–water partition coefficient (Wildman–Crippen LogP) is 4.15. The van der Waals surface area contributed by atoms with E-state index in [0.717, 1.165) is 28.7 Å². The van der Waals surface area contributed by atoms with E-state index < -0.39 is 0 Å². The zero-order valence-electron chi connectivity index (χ0n) is 15.5. The van der Waals surface area contributed by atoms with E-state index in [2.05, 4.69) is 32.3 Å². The van der Waals surface area contributed by atoms with Gasteiger partial charge in [0.1, 0.15) is 0 Å². The summed E-state index contributed by atoms with van der Waals surface area (Å²) < 4.78 is 2.31. The van der Waals surface area contributed by atoms with Crippen molar-refractivity contribution in [3.63, 3.8) is 0 Å². The third-order valence-electron chi connectivity index (χ3n) is 3.95. The molecule has 0 aliphatic rings. The largest absolute Gasteiger partial charge is 0.345 e. The van der Waals surface area contributed by atoms with E-state index in [9.17, 15) is 4.79 Å². The SMILES string of the molecule is Cc1nc(SCc2ccc(C(=O)N(C)C)cc2)n(CC(C)C)c1C. The summed E-state index contributed by atoms with van der Waals surface area (Å²) >= 11 is 1.75. The molecular formula is C19H27N3OS. The quantitative estimate of drug-likeness (QED) is 0.738. The van der Waals surface area contributed by atoms with Crippen LogP contribution >= 0.6 is 11.8 Å². The molecule has 0 unspecified atom stereocenters. The maximum absolute atomic E-state index is 11.9. The molecule has 4 nitrogen and oxygen atoms in total. The monoisotopic (exact) mass is 345 g/mol. The molecule has 1 aromatic carbocycles. The van der Waals surface area contributed by atoms with Gasteiger partial charge >= 0.3 is 0 Å². The van der Waals surface area contributed by atoms with E-state index in [1.807, 2.05) is 24.3 Å². The molecule has 1 heterocycles. The Bertz CT molecular complexity index is 702. The number of hydrogen-bond acceptors (Lipinski definition) is 3. The van der Waals surface area contributed by atoms with Crippen LogP contribution in [0.1, 0.15) is 41.2 Å². The average molecular weight is 346 g/mol. The minimum Gasteiger partial charge on any atom is -0.345 e. The first-order valence-corrected chi connectivity index (χ1v) is 9.25. The molecule has 0 saturated heterocycles. The van der Waals surface area contributed by atoms with E-state index in [0.29, 0.717) is 5.92 Å². The van der Waals surface area contributed by atoms with Crippen molar-refractivity contribution in [2.75, 3.05) is 14.1 Å². The third kappa shape index (κ3) is 4.41. The van der Waals surface area contributed by atoms with E-state index in [4.69, 9.17) is 4.98 Å². The van der Waals surface area contributed by atoms with Gasteiger partial charge in [0, 0.05) is 37.7 Å². The minimum atomic E-state index is 0.0351. The first-order chi connectivity index (χ1) is 11.3. The number of nitrogens with zero attached hydrogens (tertiary/aromatic N) is 3. The van der Waals surface area contributed by atoms with E-state index in [1.54, 1.807) is 30.8 Å². The lowest BCUT2D eigenvalue weighted by atomic mass is 10.1. The Labute approximate surface area is 149 Å². The van der Waals surface area contributed by atoms with Crippen LogP contribution in [0.25, 0.3) is 0 Å². The van der Waals surface area contributed by atoms with Gasteiger partial charge in [-0.15, -0.1) is 0 Å². The van der Waals surface area contributed by atoms with Gasteiger partial charge in [0.25, 0.3) is 5.91 Å². The predicted molar refractivity (Wildman–Crippen MR) is 101 cm³/mol. The third-order valence-corrected chi connectivity index (χ3v) is 4.99. The number of imidazole rings is 1. The number of aromatic nitrogens is 2. The van der Waals surface area contributed by atoms with Crippen LogP contribution in [-0.2, 0) is 12.3 Å². The second-order valence-corrected chi connectivity index (χ2v) is 7.70. The Morgan fingerprint density at radius 3 is 2.38 bits per heavy atom. The number of amides is 1. The van der Waals surface area contributed by atoms with Crippen molar-refractivity contribution in [3.05, 3.63) is 46.8 Å². The van der Waals surface area contributed by atoms with E-state index in [-0.39, 0.29) is 5.91 Å². The van der Waals surface area contributed by atoms with Crippen molar-refractivity contribution in [1.82, 2.24) is 14.5 Å². The fourth-order valence-corrected chi connectivity index (χ4v) is 3.52. The molecule has 2 rings (SSSR count). The number of aryl methyl sites for hydroxylation is 1. The standard InChI is InChI=1S/C19H27N3OS/c1-13(2)11-22-15(4)14(3)20-19(22)24-12-16-7-9-17(10-8-16)18(23)21(5)6/h7-10,13H,11-12H2,1-6H3. The fourth-order valence-electron chi connectivity index (χ4n) is 2.46. The van der Waals surface area contributed by atoms with Gasteiger partial charge < -0.3 is 9.47 Å². The number of benzene rings is 1. The molecule has 0 N–H and O–H groups in total. The smallest absolute Gasteiger partial charge is 0.253 e. The molecule has 0 fully saturated rings. The van der Waals surface area contributed by atoms with Crippen molar-refractivity contribution < 1.29 is 4.79 Å². The molecule has 0 saturated carbocycles. The molecule has 24 heavy (non-hydrogen) atoms. The molecule has 0 spiro atoms. The first-order valence-electron chi connectivity index (χ1n) is 8.26. The highest BCUT2D eigenvalue weighted by atomic mass is 32.2. The molecule has 2 aromatic rings. The summed E-state index contributed by atoms with van der Waals surface area (Å²) in [6.45, 7) is 9.65. The van der Waals surface area contributed by atoms with Crippen LogP contribution in [0, 0.1) is 19.8 Å². The number of carbonyl (C=O) groups is 1. The van der Waals surface area contributed by atoms with Crippen LogP contribution < -0.4 is 0 Å². The van der Waals surface area contributed by atoms with Gasteiger partial charge in [0.05, 0.1) is 5.69 Å². The summed E-state index contributed by atoms with van der Waals surface area (Å²) in [7, 11) is 3.54. The van der Waals surface area contributed by atoms with Crippen LogP contribution in [0.4, 0.5) is 0 Å². The lowest BCUT2D eigenvalue weighted by Gasteiger charge is -2.12. The number of hydrogen-bond donors (Lipinski definition) is 0. The highest BCUT2D eigenvalue weighted by Crippen LogP contribution is 2.26. The highest BCUT2D eigenvalue weighted by Gasteiger charge is 2.13. The molecule has 0 bridgehead atoms. The minimum absolute atomic E-state index is 0.0351. The Morgan fingerprint density at radius 2 is 1.83 bits per heavy atom. The second-order valence-electron chi connectivity index (χ2n) is 6.75. The molecule has 1 amide bonds. The van der Waals surface area contributed by atoms with Crippen molar-refractivity contribution in [3.8, 4) is 0 Å². The molecule has 5 heteroatoms. The molecule has 0 aliphatic heterocycles. The molecule has 0 aliphatic carbocycles. The molecular weight excluding hydrogens is 318 g/mol. The first kappa shape index (κ1) is 18.6. The van der Waals surface area contributed by atoms with Gasteiger partial charge in [0.2, 0.25) is 0 Å². The summed E-state index contributed by atoms with van der Waals surface area (Å²) in [6, 6.07) is 7.85. The molecule has 0 atom stereocenters. The van der Waals surface area contributed by atoms with Gasteiger partial charge in [-0.3, -0.25) is 4.79 Å². The van der Waals surface area contributed by atoms with Crippen LogP contribution in [0.2, 0.25) is 0 Å². The van der Waals surface area contributed by atoms with Crippen molar-refractivity contribution >= 4 is 17.7 Å². The molecule has 1 aromatic heterocycles. The van der Waals surface area contributed by atoms with E-state index in [1.165, 1.54) is 11.3 Å². The topological polar surface area (TPSA) is 38.1 Å². The number of thioether (sulfide) groups is 1. The zero-order valence-corrected chi connectivity index (χ0v) is 16.3. The zero-order chi connectivity index (χ0) is 17.9. The van der Waals surface area contributed by atoms with Crippen LogP contribution in [0.3, 0.4) is 0 Å². The average Bonchev–Trinajstić information content (AvgIpc) is 2.80. The van der Waals surface area contributed by atoms with Gasteiger partial charge in [-0.25, -0.2) is 4.98 Å². The van der Waals surface area contributed by atoms with Gasteiger partial charge in [-0.05, 0) is 37.5 Å². The maximum atomic E-state index is 11.9. The lowest BCUT2D eigenvalue weighted by molar-refractivity contribution is 0.0827. The summed E-state index contributed by atoms with van der Waals surface area (Å²) in [5, 5.41) is 1.08. The number of carbonyl (C=O) groups excluding carboxylic acids is 1. The summed E-state index contributed by atoms with van der Waals surface area (Å²) in [5.74, 6) is 1.48. The Balaban J connectivity index is 2.08. The highest BCUT2D eigenvalue weighted by molar-refractivity contribution is 7.98. The van der Waals surface area contributed by atoms with E-state index >= 15 is 0 Å². The summed E-state index contributed by atoms with van der Waals surface area (Å²) in [4.78, 5) is 18.2. The Morgan fingerprint density at radius 1 is 1.21 bits per heavy atom. The number of rotatable bonds is 6. The molecule has 0 radical (unpaired) electrons. The maximum Gasteiger partial charge on any atom is 0.253 e. The fraction of sp³-hybridized carbons (Fsp3) is 0.474. The Hall–Kier alpha value is -1.75. The van der Waals surface area contributed by atoms with Gasteiger partial charge in [0.15, 0.2) is 5.16 Å². The summed E-state index contributed by atoms with van der Waals surface area (Å²) in [6.07, 6.45) is 0. The van der Waals surface area contributed by atoms with Crippen molar-refractivity contribution in [2.24, 2.45) is 5.92 Å². The van der Waals surface area contributed by atoms with Crippen molar-refractivity contribution in [1.29, 1.82) is 0 Å². The normalized spacial score (nSPS) is 11.1. The van der Waals surface area contributed by atoms with Crippen LogP contribution in [-0.4, -0.2) is 34.5 Å². The van der Waals surface area contributed by atoms with Crippen LogP contribution in [0.5, 0.6) is 0 Å². The van der Waals surface area contributed by atoms with Gasteiger partial charge in [-0.2, -0.15) is 0 Å². The lowest BCUT2D eigenvalue weighted by Crippen LogP contribution is -2.21. The van der Waals surface area contributed by atoms with Crippen molar-refractivity contribution in [2.45, 2.75) is 45.1 Å². The van der Waals surface area contributed by atoms with Crippen LogP contribution in [0.15, 0.2) is 29.4 Å². The Kier molecular flexibility index (Phi) is 6.10. The summed E-state index contributed by atoms with van der Waals surface area (Å²) in [5.41, 5.74) is 4.27.